The first kappa shape index (κ1) is 26.8. The van der Waals surface area contributed by atoms with Crippen LogP contribution in [0.25, 0.3) is 21.9 Å². The lowest BCUT2D eigenvalue weighted by molar-refractivity contribution is -0.118. The maximum Gasteiger partial charge on any atom is 0.349 e. The number of fused-ring (bicyclic) bond motifs is 2. The van der Waals surface area contributed by atoms with Gasteiger partial charge < -0.3 is 29.7 Å². The average Bonchev–Trinajstić information content (AvgIpc) is 2.83. The Morgan fingerprint density at radius 2 is 1.30 bits per heavy atom. The normalized spacial score (nSPS) is 11.4. The van der Waals surface area contributed by atoms with Gasteiger partial charge in [0.25, 0.3) is 5.91 Å². The first-order valence-electron chi connectivity index (χ1n) is 11.0. The number of hydrogen-bond acceptors (Lipinski definition) is 10. The lowest BCUT2D eigenvalue weighted by Gasteiger charge is -2.13. The van der Waals surface area contributed by atoms with Gasteiger partial charge >= 0.3 is 11.3 Å². The third-order valence-electron chi connectivity index (χ3n) is 5.37. The average molecular weight is 508 g/mol. The van der Waals surface area contributed by atoms with E-state index < -0.39 is 23.2 Å². The number of phenols is 2. The number of phenolic OH excluding ortho intramolecular Hbond substituents is 2. The van der Waals surface area contributed by atoms with Crippen LogP contribution in [-0.2, 0) is 4.79 Å². The summed E-state index contributed by atoms with van der Waals surface area (Å²) in [5.41, 5.74) is -1.16. The maximum atomic E-state index is 12.1. The number of hydrogen-bond donors (Lipinski definition) is 4. The van der Waals surface area contributed by atoms with E-state index in [0.717, 1.165) is 0 Å². The predicted octanol–water partition coefficient (Wildman–Crippen LogP) is 2.11. The van der Waals surface area contributed by atoms with Crippen LogP contribution in [0.2, 0.25) is 0 Å². The molecule has 4 rings (SSSR count). The second kappa shape index (κ2) is 11.3. The molecule has 11 heteroatoms. The van der Waals surface area contributed by atoms with E-state index in [1.54, 1.807) is 13.1 Å². The summed E-state index contributed by atoms with van der Waals surface area (Å²) < 4.78 is 9.91. The largest absolute Gasteiger partial charge is 0.508 e. The van der Waals surface area contributed by atoms with Crippen molar-refractivity contribution in [1.29, 1.82) is 0 Å². The van der Waals surface area contributed by atoms with Gasteiger partial charge in [-0.3, -0.25) is 14.4 Å². The highest BCUT2D eigenvalue weighted by molar-refractivity contribution is 5.97. The number of likely N-dealkylation sites (N-methyl/N-ethyl adjacent to an activating group) is 1. The predicted molar refractivity (Wildman–Crippen MR) is 134 cm³/mol. The molecule has 11 nitrogen and oxygen atoms in total. The molecule has 4 aromatic rings. The lowest BCUT2D eigenvalue weighted by atomic mass is 10.1. The van der Waals surface area contributed by atoms with E-state index in [4.69, 9.17) is 8.83 Å². The summed E-state index contributed by atoms with van der Waals surface area (Å²) in [5.74, 6) is -1.10. The Hall–Kier alpha value is -4.77. The first-order valence-corrected chi connectivity index (χ1v) is 11.0. The quantitative estimate of drug-likeness (QED) is 0.223. The van der Waals surface area contributed by atoms with Crippen LogP contribution in [-0.4, -0.2) is 47.3 Å². The highest BCUT2D eigenvalue weighted by atomic mass is 16.4. The van der Waals surface area contributed by atoms with Gasteiger partial charge in [0.2, 0.25) is 0 Å². The van der Waals surface area contributed by atoms with E-state index in [1.165, 1.54) is 56.3 Å². The van der Waals surface area contributed by atoms with Crippen LogP contribution < -0.4 is 21.9 Å². The number of nitrogens with one attached hydrogen (secondary N) is 2. The van der Waals surface area contributed by atoms with Crippen LogP contribution in [0.3, 0.4) is 0 Å². The van der Waals surface area contributed by atoms with Crippen LogP contribution >= 0.6 is 0 Å². The summed E-state index contributed by atoms with van der Waals surface area (Å²) in [6.07, 6.45) is 0. The minimum atomic E-state index is -0.806. The van der Waals surface area contributed by atoms with Gasteiger partial charge in [-0.1, -0.05) is 0 Å². The van der Waals surface area contributed by atoms with Crippen LogP contribution in [0, 0.1) is 0 Å². The number of benzene rings is 2. The van der Waals surface area contributed by atoms with Gasteiger partial charge in [0, 0.05) is 29.4 Å². The zero-order valence-electron chi connectivity index (χ0n) is 20.2. The van der Waals surface area contributed by atoms with Crippen molar-refractivity contribution in [2.45, 2.75) is 19.9 Å². The standard InChI is InChI=1S/C15H16N2O5.C11H8O4/c1-8(18)12(16-2)7-17-14(20)11-5-9-3-4-10(19)6-13(9)22-15(11)21;1-6(12)9-4-7-2-3-8(13)5-10(7)15-11(9)14/h3-6,12,16,19H,7H2,1-2H3,(H,17,20);2-5,13H,1H3. The smallest absolute Gasteiger partial charge is 0.349 e. The fourth-order valence-corrected chi connectivity index (χ4v) is 3.34. The zero-order chi connectivity index (χ0) is 27.3. The lowest BCUT2D eigenvalue weighted by Crippen LogP contribution is -2.44. The third kappa shape index (κ3) is 6.47. The van der Waals surface area contributed by atoms with Crippen molar-refractivity contribution in [3.05, 3.63) is 80.5 Å². The number of rotatable bonds is 6. The minimum Gasteiger partial charge on any atom is -0.508 e. The fourth-order valence-electron chi connectivity index (χ4n) is 3.34. The van der Waals surface area contributed by atoms with Gasteiger partial charge in [-0.25, -0.2) is 9.59 Å². The summed E-state index contributed by atoms with van der Waals surface area (Å²) in [6.45, 7) is 2.78. The van der Waals surface area contributed by atoms with Crippen molar-refractivity contribution in [3.8, 4) is 11.5 Å². The van der Waals surface area contributed by atoms with Crippen molar-refractivity contribution >= 4 is 39.4 Å². The highest BCUT2D eigenvalue weighted by Gasteiger charge is 2.17. The van der Waals surface area contributed by atoms with Gasteiger partial charge in [0.1, 0.15) is 39.6 Å². The van der Waals surface area contributed by atoms with E-state index >= 15 is 0 Å². The molecule has 0 spiro atoms. The number of carbonyl (C=O) groups excluding carboxylic acids is 3. The molecular formula is C26H24N2O9. The van der Waals surface area contributed by atoms with Crippen LogP contribution in [0.5, 0.6) is 11.5 Å². The van der Waals surface area contributed by atoms with Crippen molar-refractivity contribution in [1.82, 2.24) is 10.6 Å². The summed E-state index contributed by atoms with van der Waals surface area (Å²) in [4.78, 5) is 57.6. The molecule has 1 unspecified atom stereocenters. The Balaban J connectivity index is 0.000000220. The van der Waals surface area contributed by atoms with E-state index in [0.29, 0.717) is 10.8 Å². The van der Waals surface area contributed by atoms with E-state index in [1.807, 2.05) is 0 Å². The summed E-state index contributed by atoms with van der Waals surface area (Å²) in [7, 11) is 1.61. The maximum absolute atomic E-state index is 12.1. The van der Waals surface area contributed by atoms with Crippen LogP contribution in [0.4, 0.5) is 0 Å². The fraction of sp³-hybridized carbons (Fsp3) is 0.192. The van der Waals surface area contributed by atoms with Crippen molar-refractivity contribution < 1.29 is 33.4 Å². The molecule has 1 amide bonds. The summed E-state index contributed by atoms with van der Waals surface area (Å²) in [5, 5.41) is 24.9. The Labute approximate surface area is 209 Å². The molecular weight excluding hydrogens is 484 g/mol. The van der Waals surface area contributed by atoms with Gasteiger partial charge in [-0.2, -0.15) is 0 Å². The Morgan fingerprint density at radius 3 is 1.76 bits per heavy atom. The molecule has 0 radical (unpaired) electrons. The number of Topliss-reactive ketones (excluding diaryl/α,β-unsaturated/α-hetero) is 2. The second-order valence-corrected chi connectivity index (χ2v) is 8.06. The molecule has 0 fully saturated rings. The molecule has 1 atom stereocenters. The molecule has 0 aliphatic carbocycles. The minimum absolute atomic E-state index is 0.0150. The van der Waals surface area contributed by atoms with Crippen molar-refractivity contribution in [2.75, 3.05) is 13.6 Å². The summed E-state index contributed by atoms with van der Waals surface area (Å²) in [6, 6.07) is 11.0. The number of carbonyl (C=O) groups is 3. The van der Waals surface area contributed by atoms with Crippen LogP contribution in [0.15, 0.2) is 67.0 Å². The second-order valence-electron chi connectivity index (χ2n) is 8.06. The van der Waals surface area contributed by atoms with E-state index in [2.05, 4.69) is 10.6 Å². The Morgan fingerprint density at radius 1 is 0.811 bits per heavy atom. The first-order chi connectivity index (χ1) is 17.5. The molecule has 0 bridgehead atoms. The Bertz CT molecular complexity index is 1620. The number of amides is 1. The molecule has 2 aromatic carbocycles. The monoisotopic (exact) mass is 508 g/mol. The third-order valence-corrected chi connectivity index (χ3v) is 5.37. The topological polar surface area (TPSA) is 176 Å². The number of ketones is 2. The highest BCUT2D eigenvalue weighted by Crippen LogP contribution is 2.20. The van der Waals surface area contributed by atoms with Crippen molar-refractivity contribution in [2.24, 2.45) is 0 Å². The zero-order valence-corrected chi connectivity index (χ0v) is 20.2. The molecule has 0 aliphatic heterocycles. The molecule has 0 saturated carbocycles. The molecule has 37 heavy (non-hydrogen) atoms. The van der Waals surface area contributed by atoms with E-state index in [-0.39, 0.29) is 51.9 Å². The molecule has 4 N–H and O–H groups in total. The van der Waals surface area contributed by atoms with Crippen molar-refractivity contribution in [3.63, 3.8) is 0 Å². The summed E-state index contributed by atoms with van der Waals surface area (Å²) >= 11 is 0. The molecule has 0 saturated heterocycles. The van der Waals surface area contributed by atoms with Crippen LogP contribution in [0.1, 0.15) is 34.6 Å². The Kier molecular flexibility index (Phi) is 8.20. The van der Waals surface area contributed by atoms with Gasteiger partial charge in [0.05, 0.1) is 6.04 Å². The molecule has 192 valence electrons. The van der Waals surface area contributed by atoms with E-state index in [9.17, 15) is 34.2 Å². The SMILES string of the molecule is CC(=O)c1cc2ccc(O)cc2oc1=O.CNC(CNC(=O)c1cc2ccc(O)cc2oc1=O)C(C)=O. The van der Waals surface area contributed by atoms with Gasteiger partial charge in [0.15, 0.2) is 5.78 Å². The number of aromatic hydroxyl groups is 2. The molecule has 0 aliphatic rings. The molecule has 2 heterocycles. The van der Waals surface area contributed by atoms with Gasteiger partial charge in [-0.15, -0.1) is 0 Å². The molecule has 2 aromatic heterocycles. The van der Waals surface area contributed by atoms with Gasteiger partial charge in [-0.05, 0) is 57.3 Å².